The maximum Gasteiger partial charge on any atom is 0.223 e. The Morgan fingerprint density at radius 3 is 2.87 bits per heavy atom. The number of aliphatic hydroxyl groups excluding tert-OH is 1. The summed E-state index contributed by atoms with van der Waals surface area (Å²) in [4.78, 5) is 13.7. The van der Waals surface area contributed by atoms with E-state index in [2.05, 4.69) is 6.58 Å². The molecule has 0 aromatic carbocycles. The molecule has 3 nitrogen and oxygen atoms in total. The van der Waals surface area contributed by atoms with Gasteiger partial charge in [0.2, 0.25) is 5.91 Å². The summed E-state index contributed by atoms with van der Waals surface area (Å²) in [5.41, 5.74) is 0. The van der Waals surface area contributed by atoms with Gasteiger partial charge < -0.3 is 10.0 Å². The van der Waals surface area contributed by atoms with Crippen LogP contribution in [0.1, 0.15) is 32.1 Å². The van der Waals surface area contributed by atoms with Crippen LogP contribution >= 0.6 is 0 Å². The van der Waals surface area contributed by atoms with Crippen LogP contribution in [0.2, 0.25) is 0 Å². The largest absolute Gasteiger partial charge is 0.393 e. The van der Waals surface area contributed by atoms with Gasteiger partial charge in [-0.3, -0.25) is 4.79 Å². The van der Waals surface area contributed by atoms with Crippen molar-refractivity contribution in [1.82, 2.24) is 4.90 Å². The minimum absolute atomic E-state index is 0.209. The molecule has 1 saturated heterocycles. The van der Waals surface area contributed by atoms with Crippen molar-refractivity contribution < 1.29 is 9.90 Å². The maximum absolute atomic E-state index is 11.7. The fourth-order valence-electron chi connectivity index (χ4n) is 2.69. The van der Waals surface area contributed by atoms with Gasteiger partial charge in [0, 0.05) is 24.9 Å². The number of hydrogen-bond donors (Lipinski definition) is 1. The lowest BCUT2D eigenvalue weighted by molar-refractivity contribution is -0.130. The van der Waals surface area contributed by atoms with Crippen molar-refractivity contribution in [1.29, 1.82) is 0 Å². The molecule has 3 atom stereocenters. The van der Waals surface area contributed by atoms with Crippen molar-refractivity contribution in [3.8, 4) is 0 Å². The van der Waals surface area contributed by atoms with E-state index >= 15 is 0 Å². The lowest BCUT2D eigenvalue weighted by Gasteiger charge is -2.33. The first-order valence-corrected chi connectivity index (χ1v) is 5.80. The summed E-state index contributed by atoms with van der Waals surface area (Å²) < 4.78 is 0. The lowest BCUT2D eigenvalue weighted by atomic mass is 9.92. The quantitative estimate of drug-likeness (QED) is 0.697. The molecule has 2 fully saturated rings. The average Bonchev–Trinajstić information content (AvgIpc) is 2.60. The molecule has 2 aliphatic rings. The summed E-state index contributed by atoms with van der Waals surface area (Å²) in [6, 6.07) is 0.270. The predicted molar refractivity (Wildman–Crippen MR) is 58.3 cm³/mol. The van der Waals surface area contributed by atoms with Crippen LogP contribution in [-0.2, 0) is 4.79 Å². The van der Waals surface area contributed by atoms with E-state index in [4.69, 9.17) is 0 Å². The molecule has 15 heavy (non-hydrogen) atoms. The van der Waals surface area contributed by atoms with E-state index in [-0.39, 0.29) is 18.1 Å². The van der Waals surface area contributed by atoms with Gasteiger partial charge in [-0.2, -0.15) is 0 Å². The van der Waals surface area contributed by atoms with Gasteiger partial charge in [0.05, 0.1) is 6.10 Å². The number of likely N-dealkylation sites (tertiary alicyclic amines) is 1. The van der Waals surface area contributed by atoms with E-state index in [1.54, 1.807) is 0 Å². The van der Waals surface area contributed by atoms with Crippen LogP contribution in [-0.4, -0.2) is 34.6 Å². The molecule has 1 heterocycles. The Morgan fingerprint density at radius 1 is 1.47 bits per heavy atom. The van der Waals surface area contributed by atoms with Crippen LogP contribution in [0, 0.1) is 5.92 Å². The molecule has 3 heteroatoms. The highest BCUT2D eigenvalue weighted by atomic mass is 16.3. The number of carbonyl (C=O) groups excluding carboxylic acids is 1. The highest BCUT2D eigenvalue weighted by Gasteiger charge is 2.34. The Morgan fingerprint density at radius 2 is 2.27 bits per heavy atom. The minimum Gasteiger partial charge on any atom is -0.393 e. The molecule has 1 amide bonds. The molecule has 84 valence electrons. The van der Waals surface area contributed by atoms with Crippen LogP contribution in [0.5, 0.6) is 0 Å². The molecule has 0 radical (unpaired) electrons. The summed E-state index contributed by atoms with van der Waals surface area (Å²) in [5, 5.41) is 9.59. The van der Waals surface area contributed by atoms with Gasteiger partial charge in [0.15, 0.2) is 0 Å². The molecule has 3 unspecified atom stereocenters. The van der Waals surface area contributed by atoms with Crippen LogP contribution < -0.4 is 0 Å². The second-order valence-corrected chi connectivity index (χ2v) is 4.72. The third-order valence-corrected chi connectivity index (χ3v) is 3.58. The van der Waals surface area contributed by atoms with Crippen molar-refractivity contribution in [2.45, 2.75) is 44.2 Å². The van der Waals surface area contributed by atoms with E-state index in [0.29, 0.717) is 12.3 Å². The van der Waals surface area contributed by atoms with Crippen molar-refractivity contribution in [2.24, 2.45) is 5.92 Å². The first kappa shape index (κ1) is 10.7. The van der Waals surface area contributed by atoms with Gasteiger partial charge in [-0.15, -0.1) is 6.58 Å². The molecule has 2 rings (SSSR count). The third-order valence-electron chi connectivity index (χ3n) is 3.58. The number of rotatable bonds is 2. The van der Waals surface area contributed by atoms with Gasteiger partial charge in [-0.25, -0.2) is 0 Å². The first-order valence-electron chi connectivity index (χ1n) is 5.80. The smallest absolute Gasteiger partial charge is 0.223 e. The molecular formula is C12H19NO2. The first-order chi connectivity index (χ1) is 7.20. The molecule has 0 aromatic heterocycles. The number of amides is 1. The van der Waals surface area contributed by atoms with E-state index in [0.717, 1.165) is 32.2 Å². The van der Waals surface area contributed by atoms with Gasteiger partial charge in [-0.1, -0.05) is 6.08 Å². The molecule has 1 saturated carbocycles. The zero-order chi connectivity index (χ0) is 10.8. The number of aliphatic hydroxyl groups is 1. The zero-order valence-corrected chi connectivity index (χ0v) is 9.06. The fourth-order valence-corrected chi connectivity index (χ4v) is 2.69. The zero-order valence-electron chi connectivity index (χ0n) is 9.06. The summed E-state index contributed by atoms with van der Waals surface area (Å²) in [6.07, 6.45) is 6.01. The van der Waals surface area contributed by atoms with Gasteiger partial charge in [0.25, 0.3) is 0 Å². The van der Waals surface area contributed by atoms with Gasteiger partial charge >= 0.3 is 0 Å². The average molecular weight is 209 g/mol. The van der Waals surface area contributed by atoms with E-state index < -0.39 is 0 Å². The number of nitrogens with zero attached hydrogens (tertiary/aromatic N) is 1. The Bertz CT molecular complexity index is 264. The number of hydrogen-bond acceptors (Lipinski definition) is 2. The van der Waals surface area contributed by atoms with Crippen LogP contribution in [0.15, 0.2) is 12.7 Å². The second kappa shape index (κ2) is 4.35. The Labute approximate surface area is 90.8 Å². The van der Waals surface area contributed by atoms with Gasteiger partial charge in [-0.05, 0) is 25.7 Å². The molecule has 1 aliphatic carbocycles. The van der Waals surface area contributed by atoms with Crippen LogP contribution in [0.3, 0.4) is 0 Å². The molecule has 1 N–H and O–H groups in total. The fraction of sp³-hybridized carbons (Fsp3) is 0.750. The third kappa shape index (κ3) is 2.23. The molecule has 1 aliphatic heterocycles. The summed E-state index contributed by atoms with van der Waals surface area (Å²) in [6.45, 7) is 4.55. The van der Waals surface area contributed by atoms with Crippen molar-refractivity contribution >= 4 is 5.91 Å². The molecule has 0 bridgehead atoms. The Hall–Kier alpha value is -0.830. The van der Waals surface area contributed by atoms with Crippen molar-refractivity contribution in [3.63, 3.8) is 0 Å². The summed E-state index contributed by atoms with van der Waals surface area (Å²) in [7, 11) is 0. The van der Waals surface area contributed by atoms with E-state index in [9.17, 15) is 9.90 Å². The Balaban J connectivity index is 1.98. The van der Waals surface area contributed by atoms with Gasteiger partial charge in [0.1, 0.15) is 0 Å². The van der Waals surface area contributed by atoms with E-state index in [1.165, 1.54) is 0 Å². The highest BCUT2D eigenvalue weighted by molar-refractivity contribution is 5.79. The maximum atomic E-state index is 11.7. The van der Waals surface area contributed by atoms with Crippen molar-refractivity contribution in [2.75, 3.05) is 6.54 Å². The Kier molecular flexibility index (Phi) is 3.10. The molecule has 0 spiro atoms. The number of carbonyl (C=O) groups is 1. The molecule has 0 aromatic rings. The van der Waals surface area contributed by atoms with Crippen LogP contribution in [0.25, 0.3) is 0 Å². The normalized spacial score (nSPS) is 37.0. The lowest BCUT2D eigenvalue weighted by Crippen LogP contribution is -2.41. The SMILES string of the molecule is C=CC1CC(=O)N(C2CCCC(O)C2)C1. The second-order valence-electron chi connectivity index (χ2n) is 4.72. The summed E-state index contributed by atoms with van der Waals surface area (Å²) in [5.74, 6) is 0.551. The van der Waals surface area contributed by atoms with Crippen molar-refractivity contribution in [3.05, 3.63) is 12.7 Å². The van der Waals surface area contributed by atoms with E-state index in [1.807, 2.05) is 11.0 Å². The summed E-state index contributed by atoms with van der Waals surface area (Å²) >= 11 is 0. The predicted octanol–water partition coefficient (Wildman–Crippen LogP) is 1.32. The monoisotopic (exact) mass is 209 g/mol. The topological polar surface area (TPSA) is 40.5 Å². The molecular weight excluding hydrogens is 190 g/mol. The highest BCUT2D eigenvalue weighted by Crippen LogP contribution is 2.28. The standard InChI is InChI=1S/C12H19NO2/c1-2-9-6-12(15)13(8-9)10-4-3-5-11(14)7-10/h2,9-11,14H,1,3-8H2. The van der Waals surface area contributed by atoms with Crippen LogP contribution in [0.4, 0.5) is 0 Å². The minimum atomic E-state index is -0.209.